The van der Waals surface area contributed by atoms with E-state index in [1.165, 1.54) is 0 Å². The predicted molar refractivity (Wildman–Crippen MR) is 70.5 cm³/mol. The lowest BCUT2D eigenvalue weighted by atomic mass is 10.2. The molecule has 4 heteroatoms. The highest BCUT2D eigenvalue weighted by atomic mass is 35.5. The van der Waals surface area contributed by atoms with E-state index in [2.05, 4.69) is 0 Å². The van der Waals surface area contributed by atoms with Crippen LogP contribution < -0.4 is 5.73 Å². The van der Waals surface area contributed by atoms with E-state index in [4.69, 9.17) is 17.3 Å². The van der Waals surface area contributed by atoms with Gasteiger partial charge in [0.25, 0.3) is 0 Å². The summed E-state index contributed by atoms with van der Waals surface area (Å²) in [6.07, 6.45) is 0. The molecular formula is C13H10ClNOS. The fraction of sp³-hybridized carbons (Fsp3) is 0. The minimum atomic E-state index is -0.417. The number of nitrogens with two attached hydrogens (primary N) is 1. The summed E-state index contributed by atoms with van der Waals surface area (Å²) in [4.78, 5) is 12.9. The van der Waals surface area contributed by atoms with Gasteiger partial charge >= 0.3 is 0 Å². The van der Waals surface area contributed by atoms with Gasteiger partial charge in [-0.15, -0.1) is 0 Å². The lowest BCUT2D eigenvalue weighted by Crippen LogP contribution is -2.10. The molecule has 1 amide bonds. The second kappa shape index (κ2) is 5.25. The van der Waals surface area contributed by atoms with Crippen molar-refractivity contribution in [2.45, 2.75) is 9.79 Å². The minimum absolute atomic E-state index is 0.417. The first-order valence-electron chi connectivity index (χ1n) is 4.99. The number of amides is 1. The maximum absolute atomic E-state index is 10.9. The van der Waals surface area contributed by atoms with Crippen LogP contribution in [0.3, 0.4) is 0 Å². The number of halogens is 1. The van der Waals surface area contributed by atoms with E-state index in [0.29, 0.717) is 5.56 Å². The van der Waals surface area contributed by atoms with E-state index in [-0.39, 0.29) is 0 Å². The van der Waals surface area contributed by atoms with Gasteiger partial charge in [0.15, 0.2) is 0 Å². The average molecular weight is 264 g/mol. The van der Waals surface area contributed by atoms with Crippen LogP contribution in [0, 0.1) is 0 Å². The summed E-state index contributed by atoms with van der Waals surface area (Å²) in [6, 6.07) is 14.8. The van der Waals surface area contributed by atoms with Crippen LogP contribution in [0.15, 0.2) is 58.3 Å². The van der Waals surface area contributed by atoms with E-state index in [0.717, 1.165) is 14.8 Å². The highest BCUT2D eigenvalue weighted by molar-refractivity contribution is 7.99. The van der Waals surface area contributed by atoms with Gasteiger partial charge in [-0.2, -0.15) is 0 Å². The van der Waals surface area contributed by atoms with Gasteiger partial charge in [-0.3, -0.25) is 4.79 Å². The Morgan fingerprint density at radius 1 is 1.06 bits per heavy atom. The summed E-state index contributed by atoms with van der Waals surface area (Å²) in [5.41, 5.74) is 5.68. The third-order valence-electron chi connectivity index (χ3n) is 2.20. The quantitative estimate of drug-likeness (QED) is 0.920. The molecule has 0 saturated heterocycles. The molecule has 17 heavy (non-hydrogen) atoms. The molecule has 0 fully saturated rings. The number of carbonyl (C=O) groups is 1. The van der Waals surface area contributed by atoms with Crippen LogP contribution in [-0.4, -0.2) is 5.91 Å². The molecule has 0 radical (unpaired) electrons. The maximum atomic E-state index is 10.9. The second-order valence-corrected chi connectivity index (χ2v) is 4.94. The van der Waals surface area contributed by atoms with E-state index in [1.807, 2.05) is 36.4 Å². The molecule has 0 heterocycles. The van der Waals surface area contributed by atoms with Gasteiger partial charge in [-0.25, -0.2) is 0 Å². The SMILES string of the molecule is NC(=O)c1ccc(Sc2ccccc2Cl)cc1. The molecule has 86 valence electrons. The van der Waals surface area contributed by atoms with Crippen molar-refractivity contribution in [3.05, 3.63) is 59.1 Å². The van der Waals surface area contributed by atoms with Crippen LogP contribution in [-0.2, 0) is 0 Å². The largest absolute Gasteiger partial charge is 0.366 e. The van der Waals surface area contributed by atoms with Gasteiger partial charge in [0.05, 0.1) is 5.02 Å². The average Bonchev–Trinajstić information content (AvgIpc) is 2.33. The van der Waals surface area contributed by atoms with Crippen molar-refractivity contribution in [3.8, 4) is 0 Å². The van der Waals surface area contributed by atoms with Crippen LogP contribution in [0.5, 0.6) is 0 Å². The van der Waals surface area contributed by atoms with Gasteiger partial charge in [-0.1, -0.05) is 35.5 Å². The van der Waals surface area contributed by atoms with Crippen molar-refractivity contribution in [2.24, 2.45) is 5.73 Å². The Balaban J connectivity index is 2.20. The third-order valence-corrected chi connectivity index (χ3v) is 3.73. The molecular weight excluding hydrogens is 254 g/mol. The first kappa shape index (κ1) is 12.0. The minimum Gasteiger partial charge on any atom is -0.366 e. The predicted octanol–water partition coefficient (Wildman–Crippen LogP) is 3.59. The maximum Gasteiger partial charge on any atom is 0.248 e. The highest BCUT2D eigenvalue weighted by Gasteiger charge is 2.03. The Morgan fingerprint density at radius 2 is 1.71 bits per heavy atom. The molecule has 0 aliphatic rings. The first-order chi connectivity index (χ1) is 8.16. The van der Waals surface area contributed by atoms with E-state index in [9.17, 15) is 4.79 Å². The first-order valence-corrected chi connectivity index (χ1v) is 6.18. The molecule has 0 saturated carbocycles. The lowest BCUT2D eigenvalue weighted by molar-refractivity contribution is 0.100. The van der Waals surface area contributed by atoms with Gasteiger partial charge in [0.1, 0.15) is 0 Å². The molecule has 0 spiro atoms. The molecule has 2 N–H and O–H groups in total. The fourth-order valence-electron chi connectivity index (χ4n) is 1.34. The van der Waals surface area contributed by atoms with Gasteiger partial charge in [0.2, 0.25) is 5.91 Å². The van der Waals surface area contributed by atoms with Crippen molar-refractivity contribution in [1.29, 1.82) is 0 Å². The summed E-state index contributed by atoms with van der Waals surface area (Å²) in [6.45, 7) is 0. The zero-order valence-corrected chi connectivity index (χ0v) is 10.5. The Hall–Kier alpha value is -1.45. The third kappa shape index (κ3) is 3.02. The second-order valence-electron chi connectivity index (χ2n) is 3.42. The molecule has 0 aliphatic heterocycles. The molecule has 2 nitrogen and oxygen atoms in total. The van der Waals surface area contributed by atoms with Gasteiger partial charge in [0, 0.05) is 15.4 Å². The molecule has 0 aliphatic carbocycles. The summed E-state index contributed by atoms with van der Waals surface area (Å²) in [5, 5.41) is 0.719. The monoisotopic (exact) mass is 263 g/mol. The summed E-state index contributed by atoms with van der Waals surface area (Å²) in [5.74, 6) is -0.417. The topological polar surface area (TPSA) is 43.1 Å². The molecule has 0 atom stereocenters. The van der Waals surface area contributed by atoms with Crippen molar-refractivity contribution in [1.82, 2.24) is 0 Å². The normalized spacial score (nSPS) is 10.2. The van der Waals surface area contributed by atoms with Crippen molar-refractivity contribution < 1.29 is 4.79 Å². The van der Waals surface area contributed by atoms with E-state index in [1.54, 1.807) is 23.9 Å². The summed E-state index contributed by atoms with van der Waals surface area (Å²) < 4.78 is 0. The Bertz CT molecular complexity index is 539. The van der Waals surface area contributed by atoms with Gasteiger partial charge < -0.3 is 5.73 Å². The highest BCUT2D eigenvalue weighted by Crippen LogP contribution is 2.32. The zero-order valence-electron chi connectivity index (χ0n) is 8.89. The number of hydrogen-bond donors (Lipinski definition) is 1. The van der Waals surface area contributed by atoms with E-state index < -0.39 is 5.91 Å². The molecule has 0 aromatic heterocycles. The smallest absolute Gasteiger partial charge is 0.248 e. The lowest BCUT2D eigenvalue weighted by Gasteiger charge is -2.04. The summed E-state index contributed by atoms with van der Waals surface area (Å²) in [7, 11) is 0. The number of rotatable bonds is 3. The number of carbonyl (C=O) groups excluding carboxylic acids is 1. The Morgan fingerprint density at radius 3 is 2.29 bits per heavy atom. The zero-order chi connectivity index (χ0) is 12.3. The summed E-state index contributed by atoms with van der Waals surface area (Å²) >= 11 is 7.61. The number of hydrogen-bond acceptors (Lipinski definition) is 2. The van der Waals surface area contributed by atoms with Crippen molar-refractivity contribution in [2.75, 3.05) is 0 Å². The van der Waals surface area contributed by atoms with Crippen molar-refractivity contribution in [3.63, 3.8) is 0 Å². The van der Waals surface area contributed by atoms with Crippen LogP contribution in [0.25, 0.3) is 0 Å². The Labute approximate surface area is 109 Å². The van der Waals surface area contributed by atoms with Crippen LogP contribution in [0.1, 0.15) is 10.4 Å². The standard InChI is InChI=1S/C13H10ClNOS/c14-11-3-1-2-4-12(11)17-10-7-5-9(6-8-10)13(15)16/h1-8H,(H2,15,16). The molecule has 2 rings (SSSR count). The number of primary amides is 1. The molecule has 0 bridgehead atoms. The molecule has 2 aromatic rings. The van der Waals surface area contributed by atoms with E-state index >= 15 is 0 Å². The molecule has 0 unspecified atom stereocenters. The fourth-order valence-corrected chi connectivity index (χ4v) is 2.43. The number of benzene rings is 2. The van der Waals surface area contributed by atoms with Crippen LogP contribution >= 0.6 is 23.4 Å². The van der Waals surface area contributed by atoms with Crippen LogP contribution in [0.2, 0.25) is 5.02 Å². The van der Waals surface area contributed by atoms with Crippen molar-refractivity contribution >= 4 is 29.3 Å². The van der Waals surface area contributed by atoms with Crippen LogP contribution in [0.4, 0.5) is 0 Å². The molecule has 2 aromatic carbocycles. The Kier molecular flexibility index (Phi) is 3.71. The van der Waals surface area contributed by atoms with Gasteiger partial charge in [-0.05, 0) is 36.4 Å².